The van der Waals surface area contributed by atoms with Gasteiger partial charge in [0.2, 0.25) is 0 Å². The predicted octanol–water partition coefficient (Wildman–Crippen LogP) is 5.53. The second kappa shape index (κ2) is 7.22. The van der Waals surface area contributed by atoms with Gasteiger partial charge in [0, 0.05) is 0 Å². The Hall–Kier alpha value is -1.96. The van der Waals surface area contributed by atoms with Crippen LogP contribution in [0.2, 0.25) is 0 Å². The van der Waals surface area contributed by atoms with Crippen molar-refractivity contribution in [1.82, 2.24) is 0 Å². The van der Waals surface area contributed by atoms with E-state index in [-0.39, 0.29) is 0 Å². The largest absolute Gasteiger partial charge is 0.223 e. The lowest BCUT2D eigenvalue weighted by molar-refractivity contribution is 0.584. The van der Waals surface area contributed by atoms with Crippen molar-refractivity contribution in [3.63, 3.8) is 0 Å². The summed E-state index contributed by atoms with van der Waals surface area (Å²) in [6.45, 7) is 4.12. The van der Waals surface area contributed by atoms with Crippen LogP contribution in [0.25, 0.3) is 16.3 Å². The Morgan fingerprint density at radius 1 is 0.889 bits per heavy atom. The normalized spacial score (nSPS) is 19.0. The van der Waals surface area contributed by atoms with Crippen molar-refractivity contribution in [3.05, 3.63) is 77.6 Å². The summed E-state index contributed by atoms with van der Waals surface area (Å²) < 4.78 is 27.0. The minimum atomic E-state index is -3.39. The van der Waals surface area contributed by atoms with E-state index < -0.39 is 15.1 Å². The van der Waals surface area contributed by atoms with Crippen LogP contribution in [0.15, 0.2) is 76.9 Å². The first-order valence-electron chi connectivity index (χ1n) is 9.38. The molecule has 0 saturated carbocycles. The molecule has 3 aromatic carbocycles. The van der Waals surface area contributed by atoms with Gasteiger partial charge in [0.25, 0.3) is 0 Å². The van der Waals surface area contributed by atoms with Crippen LogP contribution in [0.5, 0.6) is 0 Å². The minimum absolute atomic E-state index is 0.384. The first kappa shape index (κ1) is 18.4. The Kier molecular flexibility index (Phi) is 4.92. The molecule has 0 amide bonds. The van der Waals surface area contributed by atoms with Gasteiger partial charge in [-0.15, -0.1) is 0 Å². The zero-order valence-electron chi connectivity index (χ0n) is 15.6. The van der Waals surface area contributed by atoms with Gasteiger partial charge in [-0.1, -0.05) is 77.0 Å². The number of allylic oxidation sites excluding steroid dienone is 1. The fraction of sp³-hybridized carbons (Fsp3) is 0.217. The zero-order valence-corrected chi connectivity index (χ0v) is 17.4. The summed E-state index contributed by atoms with van der Waals surface area (Å²) >= 11 is 0. The van der Waals surface area contributed by atoms with Gasteiger partial charge in [-0.25, -0.2) is 8.42 Å². The first-order chi connectivity index (χ1) is 13.1. The van der Waals surface area contributed by atoms with E-state index in [0.717, 1.165) is 28.1 Å². The minimum Gasteiger partial charge on any atom is -0.223 e. The number of hydrogen-bond acceptors (Lipinski definition) is 2. The molecule has 0 saturated heterocycles. The maximum Gasteiger partial charge on any atom is 0.186 e. The van der Waals surface area contributed by atoms with Gasteiger partial charge in [-0.05, 0) is 57.5 Å². The van der Waals surface area contributed by atoms with Crippen LogP contribution in [0.1, 0.15) is 32.3 Å². The molecule has 4 rings (SSSR count). The van der Waals surface area contributed by atoms with Crippen LogP contribution in [0.4, 0.5) is 0 Å². The molecule has 2 unspecified atom stereocenters. The molecular formula is C23H23O2PS. The molecule has 1 aliphatic rings. The van der Waals surface area contributed by atoms with E-state index in [2.05, 4.69) is 31.2 Å². The molecule has 2 atom stereocenters. The molecule has 0 aromatic heterocycles. The summed E-state index contributed by atoms with van der Waals surface area (Å²) in [7, 11) is -3.00. The van der Waals surface area contributed by atoms with Crippen molar-refractivity contribution >= 4 is 40.1 Å². The highest BCUT2D eigenvalue weighted by Gasteiger charge is 2.38. The molecule has 0 N–H and O–H groups in total. The topological polar surface area (TPSA) is 34.1 Å². The summed E-state index contributed by atoms with van der Waals surface area (Å²) in [5, 5.41) is 3.93. The Bertz CT molecular complexity index is 1130. The summed E-state index contributed by atoms with van der Waals surface area (Å²) in [5.41, 5.74) is 2.11. The highest BCUT2D eigenvalue weighted by atomic mass is 32.2. The van der Waals surface area contributed by atoms with Gasteiger partial charge in [-0.2, -0.15) is 0 Å². The SMILES string of the molecule is CCC1=C(Pc2ccccc2)C(CC)S(=O)(=O)c2cc3ccccc3cc21. The van der Waals surface area contributed by atoms with Crippen molar-refractivity contribution in [3.8, 4) is 0 Å². The van der Waals surface area contributed by atoms with Gasteiger partial charge in [-0.3, -0.25) is 0 Å². The monoisotopic (exact) mass is 394 g/mol. The van der Waals surface area contributed by atoms with Crippen molar-refractivity contribution in [2.24, 2.45) is 0 Å². The smallest absolute Gasteiger partial charge is 0.186 e. The average molecular weight is 394 g/mol. The number of fused-ring (bicyclic) bond motifs is 2. The molecule has 0 bridgehead atoms. The molecule has 2 nitrogen and oxygen atoms in total. The quantitative estimate of drug-likeness (QED) is 0.545. The molecule has 0 fully saturated rings. The van der Waals surface area contributed by atoms with Crippen LogP contribution in [0.3, 0.4) is 0 Å². The first-order valence-corrected chi connectivity index (χ1v) is 11.9. The maximum absolute atomic E-state index is 13.5. The molecule has 0 radical (unpaired) electrons. The predicted molar refractivity (Wildman–Crippen MR) is 117 cm³/mol. The lowest BCUT2D eigenvalue weighted by atomic mass is 9.97. The third-order valence-corrected chi connectivity index (χ3v) is 9.30. The molecule has 27 heavy (non-hydrogen) atoms. The third kappa shape index (κ3) is 3.13. The van der Waals surface area contributed by atoms with Gasteiger partial charge in [0.15, 0.2) is 9.84 Å². The molecule has 138 valence electrons. The van der Waals surface area contributed by atoms with Crippen LogP contribution >= 0.6 is 8.58 Å². The van der Waals surface area contributed by atoms with E-state index in [1.165, 1.54) is 10.9 Å². The Balaban J connectivity index is 2.00. The lowest BCUT2D eigenvalue weighted by Crippen LogP contribution is -2.28. The Morgan fingerprint density at radius 3 is 2.15 bits per heavy atom. The Labute approximate surface area is 163 Å². The highest BCUT2D eigenvalue weighted by molar-refractivity contribution is 7.93. The second-order valence-corrected chi connectivity index (χ2v) is 10.3. The van der Waals surface area contributed by atoms with E-state index in [1.54, 1.807) is 0 Å². The number of rotatable bonds is 4. The second-order valence-electron chi connectivity index (χ2n) is 6.87. The number of hydrogen-bond donors (Lipinski definition) is 0. The zero-order chi connectivity index (χ0) is 19.0. The van der Waals surface area contributed by atoms with Crippen LogP contribution < -0.4 is 5.30 Å². The van der Waals surface area contributed by atoms with Crippen molar-refractivity contribution in [1.29, 1.82) is 0 Å². The summed E-state index contributed by atoms with van der Waals surface area (Å²) in [6, 6.07) is 22.2. The van der Waals surface area contributed by atoms with Crippen LogP contribution in [-0.4, -0.2) is 13.7 Å². The number of benzene rings is 3. The molecule has 1 aliphatic heterocycles. The van der Waals surface area contributed by atoms with E-state index in [4.69, 9.17) is 0 Å². The van der Waals surface area contributed by atoms with Crippen molar-refractivity contribution < 1.29 is 8.42 Å². The summed E-state index contributed by atoms with van der Waals surface area (Å²) in [5.74, 6) is 0. The van der Waals surface area contributed by atoms with Gasteiger partial charge >= 0.3 is 0 Å². The molecular weight excluding hydrogens is 371 g/mol. The van der Waals surface area contributed by atoms with Crippen molar-refractivity contribution in [2.45, 2.75) is 36.8 Å². The van der Waals surface area contributed by atoms with Gasteiger partial charge < -0.3 is 0 Å². The van der Waals surface area contributed by atoms with Crippen LogP contribution in [0, 0.1) is 0 Å². The molecule has 0 spiro atoms. The molecule has 0 aliphatic carbocycles. The molecule has 3 aromatic rings. The van der Waals surface area contributed by atoms with E-state index >= 15 is 0 Å². The van der Waals surface area contributed by atoms with Crippen LogP contribution in [-0.2, 0) is 9.84 Å². The summed E-state index contributed by atoms with van der Waals surface area (Å²) in [4.78, 5) is 0.506. The number of sulfone groups is 1. The van der Waals surface area contributed by atoms with E-state index in [1.807, 2.05) is 49.4 Å². The van der Waals surface area contributed by atoms with Gasteiger partial charge in [0.05, 0.1) is 10.1 Å². The van der Waals surface area contributed by atoms with E-state index in [9.17, 15) is 8.42 Å². The fourth-order valence-electron chi connectivity index (χ4n) is 3.98. The van der Waals surface area contributed by atoms with Gasteiger partial charge in [0.1, 0.15) is 0 Å². The van der Waals surface area contributed by atoms with Crippen molar-refractivity contribution in [2.75, 3.05) is 0 Å². The highest BCUT2D eigenvalue weighted by Crippen LogP contribution is 2.47. The third-order valence-electron chi connectivity index (χ3n) is 5.28. The average Bonchev–Trinajstić information content (AvgIpc) is 2.68. The van der Waals surface area contributed by atoms with E-state index in [0.29, 0.717) is 19.9 Å². The molecule has 4 heteroatoms. The summed E-state index contributed by atoms with van der Waals surface area (Å²) in [6.07, 6.45) is 1.44. The standard InChI is InChI=1S/C23H23O2PS/c1-3-19-20-14-16-10-8-9-11-17(16)15-22(20)27(24,25)21(4-2)23(19)26-18-12-6-5-7-13-18/h5-15,21,26H,3-4H2,1-2H3. The lowest BCUT2D eigenvalue weighted by Gasteiger charge is -2.30. The molecule has 1 heterocycles. The fourth-order valence-corrected chi connectivity index (χ4v) is 8.09. The Morgan fingerprint density at radius 2 is 1.52 bits per heavy atom. The maximum atomic E-state index is 13.5.